The van der Waals surface area contributed by atoms with Crippen molar-refractivity contribution in [2.24, 2.45) is 0 Å². The lowest BCUT2D eigenvalue weighted by atomic mass is 10.3. The number of anilines is 1. The molecule has 0 heterocycles. The zero-order chi connectivity index (χ0) is 13.3. The zero-order valence-electron chi connectivity index (χ0n) is 8.25. The van der Waals surface area contributed by atoms with Crippen LogP contribution in [-0.4, -0.2) is 21.1 Å². The van der Waals surface area contributed by atoms with Crippen LogP contribution in [0.15, 0.2) is 23.1 Å². The van der Waals surface area contributed by atoms with E-state index in [9.17, 15) is 21.6 Å². The summed E-state index contributed by atoms with van der Waals surface area (Å²) in [7, 11) is -4.33. The van der Waals surface area contributed by atoms with Crippen molar-refractivity contribution in [1.82, 2.24) is 4.72 Å². The molecule has 4 nitrogen and oxygen atoms in total. The van der Waals surface area contributed by atoms with Crippen molar-refractivity contribution in [3.63, 3.8) is 0 Å². The monoisotopic (exact) mass is 288 g/mol. The molecule has 1 rings (SSSR count). The van der Waals surface area contributed by atoms with Gasteiger partial charge >= 0.3 is 6.18 Å². The van der Waals surface area contributed by atoms with Crippen LogP contribution in [0.2, 0.25) is 5.02 Å². The average Bonchev–Trinajstić information content (AvgIpc) is 2.18. The summed E-state index contributed by atoms with van der Waals surface area (Å²) in [6.07, 6.45) is -4.64. The second-order valence-corrected chi connectivity index (χ2v) is 5.29. The van der Waals surface area contributed by atoms with Crippen molar-refractivity contribution in [2.45, 2.75) is 11.1 Å². The smallest absolute Gasteiger partial charge is 0.398 e. The number of nitrogens with two attached hydrogens (primary N) is 1. The summed E-state index contributed by atoms with van der Waals surface area (Å²) in [6, 6.07) is 3.51. The van der Waals surface area contributed by atoms with Gasteiger partial charge in [-0.2, -0.15) is 13.2 Å². The van der Waals surface area contributed by atoms with Crippen molar-refractivity contribution in [1.29, 1.82) is 0 Å². The number of hydrogen-bond donors (Lipinski definition) is 2. The van der Waals surface area contributed by atoms with Gasteiger partial charge in [-0.1, -0.05) is 11.6 Å². The molecule has 0 spiro atoms. The summed E-state index contributed by atoms with van der Waals surface area (Å²) in [4.78, 5) is -0.478. The van der Waals surface area contributed by atoms with Crippen molar-refractivity contribution in [2.75, 3.05) is 12.3 Å². The Kier molecular flexibility index (Phi) is 3.90. The first-order valence-electron chi connectivity index (χ1n) is 4.23. The van der Waals surface area contributed by atoms with E-state index in [1.807, 2.05) is 0 Å². The molecule has 3 N–H and O–H groups in total. The Balaban J connectivity index is 3.02. The Morgan fingerprint density at radius 2 is 1.94 bits per heavy atom. The van der Waals surface area contributed by atoms with E-state index in [2.05, 4.69) is 0 Å². The van der Waals surface area contributed by atoms with Gasteiger partial charge in [0.15, 0.2) is 0 Å². The van der Waals surface area contributed by atoms with Crippen LogP contribution in [-0.2, 0) is 10.0 Å². The molecule has 1 aromatic rings. The highest BCUT2D eigenvalue weighted by Gasteiger charge is 2.30. The summed E-state index contributed by atoms with van der Waals surface area (Å²) < 4.78 is 60.1. The molecule has 0 atom stereocenters. The van der Waals surface area contributed by atoms with Gasteiger partial charge in [0, 0.05) is 5.02 Å². The molecule has 0 bridgehead atoms. The summed E-state index contributed by atoms with van der Waals surface area (Å²) in [5.74, 6) is 0. The van der Waals surface area contributed by atoms with Crippen LogP contribution in [0.1, 0.15) is 0 Å². The summed E-state index contributed by atoms with van der Waals surface area (Å²) in [5, 5.41) is 0.0617. The van der Waals surface area contributed by atoms with Crippen molar-refractivity contribution in [3.8, 4) is 0 Å². The predicted molar refractivity (Wildman–Crippen MR) is 57.1 cm³/mol. The molecule has 9 heteroatoms. The summed E-state index contributed by atoms with van der Waals surface area (Å²) >= 11 is 5.54. The van der Waals surface area contributed by atoms with Gasteiger partial charge in [-0.05, 0) is 18.2 Å². The van der Waals surface area contributed by atoms with Crippen molar-refractivity contribution < 1.29 is 21.6 Å². The standard InChI is InChI=1S/C8H8ClF3N2O2S/c9-5-1-2-6(13)7(3-5)17(15,16)14-4-8(10,11)12/h1-3,14H,4,13H2. The summed E-state index contributed by atoms with van der Waals surface area (Å²) in [5.41, 5.74) is 5.18. The molecule has 0 radical (unpaired) electrons. The Bertz CT molecular complexity index is 516. The number of rotatable bonds is 3. The van der Waals surface area contributed by atoms with Crippen LogP contribution >= 0.6 is 11.6 Å². The quantitative estimate of drug-likeness (QED) is 0.833. The van der Waals surface area contributed by atoms with E-state index in [1.165, 1.54) is 16.9 Å². The molecule has 0 aliphatic carbocycles. The van der Waals surface area contributed by atoms with E-state index in [-0.39, 0.29) is 10.7 Å². The van der Waals surface area contributed by atoms with Crippen LogP contribution in [0.5, 0.6) is 0 Å². The molecule has 0 saturated carbocycles. The lowest BCUT2D eigenvalue weighted by molar-refractivity contribution is -0.121. The molecule has 0 fully saturated rings. The number of sulfonamides is 1. The second-order valence-electron chi connectivity index (χ2n) is 3.12. The molecule has 0 amide bonds. The topological polar surface area (TPSA) is 72.2 Å². The van der Waals surface area contributed by atoms with E-state index in [4.69, 9.17) is 17.3 Å². The molecular formula is C8H8ClF3N2O2S. The largest absolute Gasteiger partial charge is 0.402 e. The third kappa shape index (κ3) is 4.06. The Labute approximate surface area is 101 Å². The first-order chi connectivity index (χ1) is 7.62. The van der Waals surface area contributed by atoms with E-state index in [0.717, 1.165) is 6.07 Å². The number of alkyl halides is 3. The molecule has 0 aliphatic rings. The van der Waals surface area contributed by atoms with Gasteiger partial charge < -0.3 is 5.73 Å². The highest BCUT2D eigenvalue weighted by molar-refractivity contribution is 7.89. The highest BCUT2D eigenvalue weighted by atomic mass is 35.5. The Morgan fingerprint density at radius 1 is 1.35 bits per heavy atom. The second kappa shape index (κ2) is 4.71. The van der Waals surface area contributed by atoms with Crippen LogP contribution in [0, 0.1) is 0 Å². The first kappa shape index (κ1) is 14.1. The number of hydrogen-bond acceptors (Lipinski definition) is 3. The molecule has 96 valence electrons. The fraction of sp³-hybridized carbons (Fsp3) is 0.250. The number of nitrogens with one attached hydrogen (secondary N) is 1. The van der Waals surface area contributed by atoms with Crippen LogP contribution in [0.4, 0.5) is 18.9 Å². The fourth-order valence-corrected chi connectivity index (χ4v) is 2.40. The van der Waals surface area contributed by atoms with Crippen LogP contribution < -0.4 is 10.5 Å². The first-order valence-corrected chi connectivity index (χ1v) is 6.09. The van der Waals surface area contributed by atoms with Crippen LogP contribution in [0.25, 0.3) is 0 Å². The van der Waals surface area contributed by atoms with Crippen LogP contribution in [0.3, 0.4) is 0 Å². The molecule has 0 aromatic heterocycles. The van der Waals surface area contributed by atoms with Crippen molar-refractivity contribution >= 4 is 27.3 Å². The molecular weight excluding hydrogens is 281 g/mol. The minimum absolute atomic E-state index is 0.0617. The number of benzene rings is 1. The lowest BCUT2D eigenvalue weighted by Gasteiger charge is -2.11. The highest BCUT2D eigenvalue weighted by Crippen LogP contribution is 2.23. The maximum absolute atomic E-state index is 11.9. The predicted octanol–water partition coefficient (Wildman–Crippen LogP) is 1.76. The van der Waals surface area contributed by atoms with E-state index >= 15 is 0 Å². The molecule has 1 aromatic carbocycles. The zero-order valence-corrected chi connectivity index (χ0v) is 9.83. The Morgan fingerprint density at radius 3 is 2.47 bits per heavy atom. The third-order valence-electron chi connectivity index (χ3n) is 1.73. The van der Waals surface area contributed by atoms with Gasteiger partial charge in [0.05, 0.1) is 5.69 Å². The SMILES string of the molecule is Nc1ccc(Cl)cc1S(=O)(=O)NCC(F)(F)F. The van der Waals surface area contributed by atoms with Gasteiger partial charge in [0.25, 0.3) is 0 Å². The van der Waals surface area contributed by atoms with Gasteiger partial charge in [-0.25, -0.2) is 13.1 Å². The van der Waals surface area contributed by atoms with Gasteiger partial charge in [0.2, 0.25) is 10.0 Å². The normalized spacial score (nSPS) is 12.7. The average molecular weight is 289 g/mol. The minimum atomic E-state index is -4.64. The fourth-order valence-electron chi connectivity index (χ4n) is 0.996. The van der Waals surface area contributed by atoms with Crippen molar-refractivity contribution in [3.05, 3.63) is 23.2 Å². The van der Waals surface area contributed by atoms with E-state index in [0.29, 0.717) is 0 Å². The van der Waals surface area contributed by atoms with Gasteiger partial charge in [-0.15, -0.1) is 0 Å². The lowest BCUT2D eigenvalue weighted by Crippen LogP contribution is -2.34. The third-order valence-corrected chi connectivity index (χ3v) is 3.42. The van der Waals surface area contributed by atoms with Gasteiger partial charge in [-0.3, -0.25) is 0 Å². The van der Waals surface area contributed by atoms with Gasteiger partial charge in [0.1, 0.15) is 11.4 Å². The minimum Gasteiger partial charge on any atom is -0.398 e. The maximum atomic E-state index is 11.9. The molecule has 17 heavy (non-hydrogen) atoms. The molecule has 0 unspecified atom stereocenters. The maximum Gasteiger partial charge on any atom is 0.402 e. The summed E-state index contributed by atoms with van der Waals surface area (Å²) in [6.45, 7) is -1.67. The molecule has 0 saturated heterocycles. The van der Waals surface area contributed by atoms with E-state index in [1.54, 1.807) is 0 Å². The Hall–Kier alpha value is -0.990. The number of nitrogen functional groups attached to an aromatic ring is 1. The van der Waals surface area contributed by atoms with E-state index < -0.39 is 27.6 Å². The molecule has 0 aliphatic heterocycles. The number of halogens is 4.